The molecule has 1 N–H and O–H groups in total. The van der Waals surface area contributed by atoms with Crippen molar-refractivity contribution in [3.8, 4) is 0 Å². The van der Waals surface area contributed by atoms with Gasteiger partial charge < -0.3 is 10.2 Å². The lowest BCUT2D eigenvalue weighted by Gasteiger charge is -2.29. The van der Waals surface area contributed by atoms with E-state index in [4.69, 9.17) is 0 Å². The Morgan fingerprint density at radius 1 is 1.16 bits per heavy atom. The van der Waals surface area contributed by atoms with Gasteiger partial charge in [0.15, 0.2) is 0 Å². The van der Waals surface area contributed by atoms with Gasteiger partial charge in [0, 0.05) is 33.8 Å². The van der Waals surface area contributed by atoms with Crippen molar-refractivity contribution < 1.29 is 4.79 Å². The fourth-order valence-electron chi connectivity index (χ4n) is 3.82. The minimum Gasteiger partial charge on any atom is -0.367 e. The number of anilines is 2. The van der Waals surface area contributed by atoms with E-state index in [2.05, 4.69) is 42.6 Å². The lowest BCUT2D eigenvalue weighted by molar-refractivity contribution is -0.116. The van der Waals surface area contributed by atoms with Gasteiger partial charge in [-0.3, -0.25) is 14.2 Å². The Bertz CT molecular complexity index is 1330. The summed E-state index contributed by atoms with van der Waals surface area (Å²) in [6.07, 6.45) is 2.48. The number of fused-ring (bicyclic) bond motifs is 2. The summed E-state index contributed by atoms with van der Waals surface area (Å²) < 4.78 is 2.12. The van der Waals surface area contributed by atoms with Crippen molar-refractivity contribution in [3.05, 3.63) is 85.5 Å². The molecule has 0 unspecified atom stereocenters. The van der Waals surface area contributed by atoms with E-state index in [1.807, 2.05) is 41.7 Å². The molecule has 5 rings (SSSR count). The smallest absolute Gasteiger partial charge is 0.261 e. The number of hydrogen-bond donors (Lipinski definition) is 1. The molecule has 0 atom stereocenters. The first-order valence-corrected chi connectivity index (χ1v) is 11.6. The minimum atomic E-state index is -0.271. The second kappa shape index (κ2) is 8.28. The predicted molar refractivity (Wildman–Crippen MR) is 128 cm³/mol. The monoisotopic (exact) mass is 494 g/mol. The number of rotatable bonds is 4. The van der Waals surface area contributed by atoms with Gasteiger partial charge in [-0.15, -0.1) is 11.3 Å². The highest BCUT2D eigenvalue weighted by atomic mass is 79.9. The second-order valence-corrected chi connectivity index (χ2v) is 9.39. The van der Waals surface area contributed by atoms with E-state index in [1.54, 1.807) is 12.1 Å². The van der Waals surface area contributed by atoms with Crippen LogP contribution in [0.2, 0.25) is 0 Å². The molecule has 3 heterocycles. The standard InChI is InChI=1S/C23H19BrN4O2S/c24-16-1-6-20-19(11-16)23(30)28(14-25-20)13-22(29)26-17-2-4-18(5-3-17)27-9-7-21-15(12-27)8-10-31-21/h1-6,8,10-11,14H,7,9,12-13H2,(H,26,29). The first kappa shape index (κ1) is 20.0. The maximum atomic E-state index is 12.7. The predicted octanol–water partition coefficient (Wildman–Crippen LogP) is 4.42. The molecule has 1 aliphatic heterocycles. The van der Waals surface area contributed by atoms with Crippen molar-refractivity contribution in [3.63, 3.8) is 0 Å². The Hall–Kier alpha value is -2.97. The van der Waals surface area contributed by atoms with Crippen molar-refractivity contribution in [2.24, 2.45) is 0 Å². The van der Waals surface area contributed by atoms with Crippen molar-refractivity contribution in [1.29, 1.82) is 0 Å². The van der Waals surface area contributed by atoms with Crippen LogP contribution in [-0.4, -0.2) is 22.0 Å². The van der Waals surface area contributed by atoms with Crippen molar-refractivity contribution >= 4 is 55.5 Å². The molecule has 156 valence electrons. The summed E-state index contributed by atoms with van der Waals surface area (Å²) in [6, 6.07) is 15.4. The average molecular weight is 495 g/mol. The number of carbonyl (C=O) groups excluding carboxylic acids is 1. The topological polar surface area (TPSA) is 67.2 Å². The number of amides is 1. The van der Waals surface area contributed by atoms with E-state index in [-0.39, 0.29) is 18.0 Å². The third kappa shape index (κ3) is 4.13. The number of carbonyl (C=O) groups is 1. The van der Waals surface area contributed by atoms with Gasteiger partial charge >= 0.3 is 0 Å². The molecule has 0 saturated heterocycles. The Morgan fingerprint density at radius 3 is 2.84 bits per heavy atom. The number of halogens is 1. The maximum absolute atomic E-state index is 12.7. The summed E-state index contributed by atoms with van der Waals surface area (Å²) >= 11 is 5.20. The maximum Gasteiger partial charge on any atom is 0.261 e. The summed E-state index contributed by atoms with van der Waals surface area (Å²) in [6.45, 7) is 1.81. The van der Waals surface area contributed by atoms with E-state index < -0.39 is 0 Å². The molecule has 0 radical (unpaired) electrons. The number of thiophene rings is 1. The molecule has 0 saturated carbocycles. The highest BCUT2D eigenvalue weighted by Gasteiger charge is 2.17. The molecule has 2 aromatic carbocycles. The van der Waals surface area contributed by atoms with E-state index in [9.17, 15) is 9.59 Å². The molecule has 4 aromatic rings. The molecule has 2 aromatic heterocycles. The van der Waals surface area contributed by atoms with Crippen LogP contribution in [0.5, 0.6) is 0 Å². The number of nitrogens with one attached hydrogen (secondary N) is 1. The fraction of sp³-hybridized carbons (Fsp3) is 0.174. The van der Waals surface area contributed by atoms with Gasteiger partial charge in [-0.05, 0) is 65.9 Å². The van der Waals surface area contributed by atoms with Crippen molar-refractivity contribution in [2.75, 3.05) is 16.8 Å². The summed E-state index contributed by atoms with van der Waals surface area (Å²) in [5, 5.41) is 5.50. The molecule has 8 heteroatoms. The Labute approximate surface area is 191 Å². The van der Waals surface area contributed by atoms with Crippen molar-refractivity contribution in [1.82, 2.24) is 9.55 Å². The zero-order valence-electron chi connectivity index (χ0n) is 16.5. The number of aromatic nitrogens is 2. The molecule has 0 bridgehead atoms. The quantitative estimate of drug-likeness (QED) is 0.455. The van der Waals surface area contributed by atoms with Gasteiger partial charge in [-0.25, -0.2) is 4.98 Å². The molecule has 0 spiro atoms. The highest BCUT2D eigenvalue weighted by Crippen LogP contribution is 2.28. The SMILES string of the molecule is O=C(Cn1cnc2ccc(Br)cc2c1=O)Nc1ccc(N2CCc3sccc3C2)cc1. The average Bonchev–Trinajstić information content (AvgIpc) is 3.24. The Morgan fingerprint density at radius 2 is 2.00 bits per heavy atom. The van der Waals surface area contributed by atoms with Crippen LogP contribution >= 0.6 is 27.3 Å². The number of benzene rings is 2. The van der Waals surface area contributed by atoms with Crippen LogP contribution in [0.4, 0.5) is 11.4 Å². The van der Waals surface area contributed by atoms with Gasteiger partial charge in [0.25, 0.3) is 5.56 Å². The van der Waals surface area contributed by atoms with Crippen LogP contribution in [-0.2, 0) is 24.3 Å². The molecule has 6 nitrogen and oxygen atoms in total. The van der Waals surface area contributed by atoms with Crippen LogP contribution in [0.1, 0.15) is 10.4 Å². The van der Waals surface area contributed by atoms with E-state index in [0.717, 1.165) is 29.7 Å². The van der Waals surface area contributed by atoms with E-state index in [0.29, 0.717) is 16.6 Å². The fourth-order valence-corrected chi connectivity index (χ4v) is 5.07. The molecule has 0 fully saturated rings. The van der Waals surface area contributed by atoms with Gasteiger partial charge in [-0.2, -0.15) is 0 Å². The molecule has 31 heavy (non-hydrogen) atoms. The summed E-state index contributed by atoms with van der Waals surface area (Å²) in [7, 11) is 0. The third-order valence-electron chi connectivity index (χ3n) is 5.42. The van der Waals surface area contributed by atoms with Crippen LogP contribution in [0.3, 0.4) is 0 Å². The third-order valence-corrected chi connectivity index (χ3v) is 6.94. The summed E-state index contributed by atoms with van der Waals surface area (Å²) in [5.41, 5.74) is 3.60. The molecule has 1 amide bonds. The van der Waals surface area contributed by atoms with E-state index >= 15 is 0 Å². The highest BCUT2D eigenvalue weighted by molar-refractivity contribution is 9.10. The van der Waals surface area contributed by atoms with Crippen LogP contribution in [0, 0.1) is 0 Å². The molecule has 1 aliphatic rings. The van der Waals surface area contributed by atoms with Crippen LogP contribution < -0.4 is 15.8 Å². The number of nitrogens with zero attached hydrogens (tertiary/aromatic N) is 3. The van der Waals surface area contributed by atoms with Crippen LogP contribution in [0.15, 0.2) is 69.5 Å². The number of hydrogen-bond acceptors (Lipinski definition) is 5. The zero-order chi connectivity index (χ0) is 21.4. The lowest BCUT2D eigenvalue weighted by atomic mass is 10.1. The Balaban J connectivity index is 1.26. The second-order valence-electron chi connectivity index (χ2n) is 7.47. The molecule has 0 aliphatic carbocycles. The normalized spacial score (nSPS) is 13.3. The van der Waals surface area contributed by atoms with Crippen LogP contribution in [0.25, 0.3) is 10.9 Å². The molecular weight excluding hydrogens is 476 g/mol. The van der Waals surface area contributed by atoms with Gasteiger partial charge in [-0.1, -0.05) is 15.9 Å². The minimum absolute atomic E-state index is 0.0942. The van der Waals surface area contributed by atoms with Crippen molar-refractivity contribution in [2.45, 2.75) is 19.5 Å². The van der Waals surface area contributed by atoms with Gasteiger partial charge in [0.05, 0.1) is 17.2 Å². The van der Waals surface area contributed by atoms with Gasteiger partial charge in [0.2, 0.25) is 5.91 Å². The summed E-state index contributed by atoms with van der Waals surface area (Å²) in [5.74, 6) is -0.271. The lowest BCUT2D eigenvalue weighted by Crippen LogP contribution is -2.29. The van der Waals surface area contributed by atoms with E-state index in [1.165, 1.54) is 21.3 Å². The van der Waals surface area contributed by atoms with Gasteiger partial charge in [0.1, 0.15) is 6.54 Å². The first-order valence-electron chi connectivity index (χ1n) is 9.92. The first-order chi connectivity index (χ1) is 15.1. The summed E-state index contributed by atoms with van der Waals surface area (Å²) in [4.78, 5) is 33.3. The Kier molecular flexibility index (Phi) is 5.33. The molecular formula is C23H19BrN4O2S. The largest absolute Gasteiger partial charge is 0.367 e. The zero-order valence-corrected chi connectivity index (χ0v) is 18.9.